The third-order valence-corrected chi connectivity index (χ3v) is 5.52. The molecule has 0 radical (unpaired) electrons. The van der Waals surface area contributed by atoms with Gasteiger partial charge in [-0.1, -0.05) is 31.2 Å². The van der Waals surface area contributed by atoms with Crippen molar-refractivity contribution in [3.05, 3.63) is 53.0 Å². The molecule has 1 fully saturated rings. The molecule has 2 aliphatic heterocycles. The molecule has 2 aromatic rings. The monoisotopic (exact) mass is 366 g/mol. The molecule has 1 saturated heterocycles. The fourth-order valence-corrected chi connectivity index (χ4v) is 3.79. The van der Waals surface area contributed by atoms with E-state index >= 15 is 0 Å². The van der Waals surface area contributed by atoms with E-state index in [9.17, 15) is 4.79 Å². The number of aromatic nitrogens is 3. The van der Waals surface area contributed by atoms with Gasteiger partial charge in [-0.25, -0.2) is 4.68 Å². The predicted molar refractivity (Wildman–Crippen MR) is 104 cm³/mol. The molecule has 142 valence electrons. The number of likely N-dealkylation sites (N-methyl/N-ethyl adjacent to an activating group) is 1. The summed E-state index contributed by atoms with van der Waals surface area (Å²) in [7, 11) is 2.09. The van der Waals surface area contributed by atoms with Gasteiger partial charge in [0.05, 0.1) is 5.57 Å². The Hall–Kier alpha value is -2.67. The molecule has 1 N–H and O–H groups in total. The Kier molecular flexibility index (Phi) is 4.70. The average molecular weight is 366 g/mol. The molecule has 1 unspecified atom stereocenters. The zero-order valence-electron chi connectivity index (χ0n) is 16.1. The van der Waals surface area contributed by atoms with Crippen LogP contribution < -0.4 is 5.32 Å². The van der Waals surface area contributed by atoms with Gasteiger partial charge in [0.25, 0.3) is 5.91 Å². The molecule has 0 saturated carbocycles. The summed E-state index contributed by atoms with van der Waals surface area (Å²) in [6, 6.07) is 8.19. The number of hydrogen-bond acceptors (Lipinski definition) is 5. The molecular formula is C20H26N6O. The van der Waals surface area contributed by atoms with E-state index in [0.717, 1.165) is 49.4 Å². The van der Waals surface area contributed by atoms with Gasteiger partial charge in [0.1, 0.15) is 12.4 Å². The van der Waals surface area contributed by atoms with Gasteiger partial charge in [-0.3, -0.25) is 4.79 Å². The normalized spacial score (nSPS) is 20.4. The molecule has 1 atom stereocenters. The number of aryl methyl sites for hydroxylation is 1. The molecule has 7 nitrogen and oxygen atoms in total. The van der Waals surface area contributed by atoms with E-state index < -0.39 is 0 Å². The SMILES string of the molecule is CCc1ccc(C2C(C(=O)N3CCN(C)CC3)=C(C)Nc3ncnn32)cc1. The van der Waals surface area contributed by atoms with Crippen LogP contribution in [0.2, 0.25) is 0 Å². The van der Waals surface area contributed by atoms with Gasteiger partial charge >= 0.3 is 0 Å². The first kappa shape index (κ1) is 17.7. The first-order valence-corrected chi connectivity index (χ1v) is 9.52. The maximum Gasteiger partial charge on any atom is 0.254 e. The lowest BCUT2D eigenvalue weighted by molar-refractivity contribution is -0.129. The number of carbonyl (C=O) groups excluding carboxylic acids is 1. The van der Waals surface area contributed by atoms with E-state index in [0.29, 0.717) is 5.95 Å². The zero-order chi connectivity index (χ0) is 19.0. The second-order valence-corrected chi connectivity index (χ2v) is 7.29. The highest BCUT2D eigenvalue weighted by atomic mass is 16.2. The molecule has 1 aromatic carbocycles. The van der Waals surface area contributed by atoms with Gasteiger partial charge in [-0.15, -0.1) is 0 Å². The minimum absolute atomic E-state index is 0.0822. The zero-order valence-corrected chi connectivity index (χ0v) is 16.1. The number of anilines is 1. The molecular weight excluding hydrogens is 340 g/mol. The Morgan fingerprint density at radius 1 is 1.19 bits per heavy atom. The van der Waals surface area contributed by atoms with Crippen molar-refractivity contribution in [3.63, 3.8) is 0 Å². The second-order valence-electron chi connectivity index (χ2n) is 7.29. The van der Waals surface area contributed by atoms with Crippen LogP contribution in [-0.2, 0) is 11.2 Å². The van der Waals surface area contributed by atoms with Crippen LogP contribution >= 0.6 is 0 Å². The minimum Gasteiger partial charge on any atom is -0.336 e. The number of nitrogens with zero attached hydrogens (tertiary/aromatic N) is 5. The molecule has 3 heterocycles. The van der Waals surface area contributed by atoms with E-state index in [1.165, 1.54) is 11.9 Å². The van der Waals surface area contributed by atoms with Crippen molar-refractivity contribution in [2.75, 3.05) is 38.5 Å². The van der Waals surface area contributed by atoms with Crippen LogP contribution in [0.4, 0.5) is 5.95 Å². The lowest BCUT2D eigenvalue weighted by Gasteiger charge is -2.36. The molecule has 1 aromatic heterocycles. The van der Waals surface area contributed by atoms with Crippen molar-refractivity contribution in [1.82, 2.24) is 24.6 Å². The summed E-state index contributed by atoms with van der Waals surface area (Å²) in [4.78, 5) is 22.0. The quantitative estimate of drug-likeness (QED) is 0.899. The highest BCUT2D eigenvalue weighted by Crippen LogP contribution is 2.35. The Labute approximate surface area is 159 Å². The van der Waals surface area contributed by atoms with Gasteiger partial charge in [0.15, 0.2) is 0 Å². The van der Waals surface area contributed by atoms with Crippen molar-refractivity contribution >= 4 is 11.9 Å². The first-order valence-electron chi connectivity index (χ1n) is 9.52. The summed E-state index contributed by atoms with van der Waals surface area (Å²) in [6.07, 6.45) is 2.52. The fourth-order valence-electron chi connectivity index (χ4n) is 3.79. The number of piperazine rings is 1. The fraction of sp³-hybridized carbons (Fsp3) is 0.450. The summed E-state index contributed by atoms with van der Waals surface area (Å²) in [5.74, 6) is 0.755. The molecule has 0 aliphatic carbocycles. The maximum atomic E-state index is 13.5. The first-order chi connectivity index (χ1) is 13.1. The second kappa shape index (κ2) is 7.15. The molecule has 7 heteroatoms. The summed E-state index contributed by atoms with van der Waals surface area (Å²) >= 11 is 0. The van der Waals surface area contributed by atoms with Crippen LogP contribution in [0.15, 0.2) is 41.9 Å². The Morgan fingerprint density at radius 2 is 1.89 bits per heavy atom. The van der Waals surface area contributed by atoms with Gasteiger partial charge in [-0.05, 0) is 31.5 Å². The van der Waals surface area contributed by atoms with E-state index in [4.69, 9.17) is 0 Å². The van der Waals surface area contributed by atoms with Crippen LogP contribution in [-0.4, -0.2) is 63.7 Å². The predicted octanol–water partition coefficient (Wildman–Crippen LogP) is 1.90. The topological polar surface area (TPSA) is 66.3 Å². The van der Waals surface area contributed by atoms with E-state index in [-0.39, 0.29) is 11.9 Å². The third-order valence-electron chi connectivity index (χ3n) is 5.52. The van der Waals surface area contributed by atoms with Gasteiger partial charge in [0, 0.05) is 31.9 Å². The molecule has 2 aliphatic rings. The maximum absolute atomic E-state index is 13.5. The molecule has 0 spiro atoms. The highest BCUT2D eigenvalue weighted by Gasteiger charge is 2.36. The summed E-state index contributed by atoms with van der Waals surface area (Å²) in [5, 5.41) is 7.66. The molecule has 0 bridgehead atoms. The number of rotatable bonds is 3. The lowest BCUT2D eigenvalue weighted by Crippen LogP contribution is -2.49. The summed E-state index contributed by atoms with van der Waals surface area (Å²) in [5.41, 5.74) is 3.93. The van der Waals surface area contributed by atoms with Gasteiger partial charge < -0.3 is 15.1 Å². The van der Waals surface area contributed by atoms with E-state index in [1.807, 2.05) is 16.5 Å². The Bertz CT molecular complexity index is 861. The third kappa shape index (κ3) is 3.23. The standard InChI is InChI=1S/C20H26N6O/c1-4-15-5-7-16(8-6-15)18-17(14(2)23-20-21-13-22-26(18)20)19(27)25-11-9-24(3)10-12-25/h5-8,13,18H,4,9-12H2,1-3H3,(H,21,22,23). The molecule has 4 rings (SSSR count). The number of nitrogens with one attached hydrogen (secondary N) is 1. The van der Waals surface area contributed by atoms with Crippen LogP contribution in [0.1, 0.15) is 31.0 Å². The summed E-state index contributed by atoms with van der Waals surface area (Å²) in [6.45, 7) is 7.39. The summed E-state index contributed by atoms with van der Waals surface area (Å²) < 4.78 is 1.82. The lowest BCUT2D eigenvalue weighted by atomic mass is 9.93. The van der Waals surface area contributed by atoms with Crippen LogP contribution in [0.3, 0.4) is 0 Å². The van der Waals surface area contributed by atoms with Crippen molar-refractivity contribution < 1.29 is 4.79 Å². The van der Waals surface area contributed by atoms with Crippen molar-refractivity contribution in [2.45, 2.75) is 26.3 Å². The average Bonchev–Trinajstić information content (AvgIpc) is 3.15. The number of carbonyl (C=O) groups is 1. The smallest absolute Gasteiger partial charge is 0.254 e. The van der Waals surface area contributed by atoms with E-state index in [1.54, 1.807) is 0 Å². The highest BCUT2D eigenvalue weighted by molar-refractivity contribution is 5.96. The van der Waals surface area contributed by atoms with Crippen molar-refractivity contribution in [1.29, 1.82) is 0 Å². The molecule has 27 heavy (non-hydrogen) atoms. The number of allylic oxidation sites excluding steroid dienone is 1. The Morgan fingerprint density at radius 3 is 2.56 bits per heavy atom. The van der Waals surface area contributed by atoms with Gasteiger partial charge in [-0.2, -0.15) is 10.1 Å². The van der Waals surface area contributed by atoms with Gasteiger partial charge in [0.2, 0.25) is 5.95 Å². The van der Waals surface area contributed by atoms with Crippen molar-refractivity contribution in [3.8, 4) is 0 Å². The minimum atomic E-state index is -0.262. The van der Waals surface area contributed by atoms with Crippen LogP contribution in [0.5, 0.6) is 0 Å². The largest absolute Gasteiger partial charge is 0.336 e. The van der Waals surface area contributed by atoms with E-state index in [2.05, 4.69) is 58.5 Å². The molecule has 1 amide bonds. The number of hydrogen-bond donors (Lipinski definition) is 1. The van der Waals surface area contributed by atoms with Crippen molar-refractivity contribution in [2.24, 2.45) is 0 Å². The van der Waals surface area contributed by atoms with Crippen LogP contribution in [0.25, 0.3) is 0 Å². The Balaban J connectivity index is 1.73. The number of fused-ring (bicyclic) bond motifs is 1. The van der Waals surface area contributed by atoms with Crippen LogP contribution in [0, 0.1) is 0 Å². The number of amides is 1. The number of benzene rings is 1.